The molecule has 1 heterocycles. The van der Waals surface area contributed by atoms with Crippen LogP contribution in [-0.2, 0) is 9.47 Å². The smallest absolute Gasteiger partial charge is 0.410 e. The largest absolute Gasteiger partial charge is 0.453 e. The number of nitrogens with zero attached hydrogens (tertiary/aromatic N) is 1. The predicted octanol–water partition coefficient (Wildman–Crippen LogP) is 2.23. The molecule has 0 unspecified atom stereocenters. The second kappa shape index (κ2) is 4.91. The Labute approximate surface area is 99.6 Å². The van der Waals surface area contributed by atoms with Crippen LogP contribution in [0.5, 0.6) is 0 Å². The Bertz CT molecular complexity index is 281. The molecule has 1 aliphatic rings. The fourth-order valence-electron chi connectivity index (χ4n) is 1.33. The summed E-state index contributed by atoms with van der Waals surface area (Å²) in [6.07, 6.45) is -0.332. The number of hydrogen-bond donors (Lipinski definition) is 0. The molecule has 0 aromatic rings. The minimum absolute atomic E-state index is 0.162. The van der Waals surface area contributed by atoms with Gasteiger partial charge >= 0.3 is 11.5 Å². The summed E-state index contributed by atoms with van der Waals surface area (Å²) in [5.74, 6) is 0.162. The molecule has 0 aromatic carbocycles. The van der Waals surface area contributed by atoms with E-state index in [0.29, 0.717) is 13.1 Å². The van der Waals surface area contributed by atoms with Gasteiger partial charge in [-0.3, -0.25) is 0 Å². The van der Waals surface area contributed by atoms with Gasteiger partial charge in [-0.15, -0.1) is 0 Å². The van der Waals surface area contributed by atoms with Gasteiger partial charge in [-0.05, 0) is 20.8 Å². The van der Waals surface area contributed by atoms with Crippen LogP contribution in [0.3, 0.4) is 0 Å². The third-order valence-corrected chi connectivity index (χ3v) is 2.15. The number of likely N-dealkylation sites (tertiary alicyclic amines) is 1. The second-order valence-electron chi connectivity index (χ2n) is 4.80. The van der Waals surface area contributed by atoms with E-state index in [-0.39, 0.29) is 18.6 Å². The molecule has 92 valence electrons. The number of carbonyl (C=O) groups is 2. The number of amides is 1. The van der Waals surface area contributed by atoms with Crippen LogP contribution in [0.4, 0.5) is 9.59 Å². The van der Waals surface area contributed by atoms with Gasteiger partial charge in [-0.1, -0.05) is 0 Å². The predicted molar refractivity (Wildman–Crippen MR) is 58.5 cm³/mol. The first kappa shape index (κ1) is 13.1. The molecule has 0 bridgehead atoms. The highest BCUT2D eigenvalue weighted by Gasteiger charge is 2.34. The molecular weight excluding hydrogens is 234 g/mol. The van der Waals surface area contributed by atoms with E-state index in [1.165, 1.54) is 0 Å². The van der Waals surface area contributed by atoms with Gasteiger partial charge in [0.05, 0.1) is 6.61 Å². The highest BCUT2D eigenvalue weighted by molar-refractivity contribution is 6.61. The Morgan fingerprint density at radius 3 is 2.38 bits per heavy atom. The fraction of sp³-hybridized carbons (Fsp3) is 0.800. The molecular formula is C10H16ClNO4. The molecule has 1 saturated heterocycles. The second-order valence-corrected chi connectivity index (χ2v) is 5.11. The van der Waals surface area contributed by atoms with Gasteiger partial charge in [-0.25, -0.2) is 9.59 Å². The Hall–Kier alpha value is -0.970. The molecule has 1 aliphatic heterocycles. The summed E-state index contributed by atoms with van der Waals surface area (Å²) in [7, 11) is 0. The van der Waals surface area contributed by atoms with Crippen molar-refractivity contribution in [2.75, 3.05) is 19.7 Å². The number of carbonyl (C=O) groups excluding carboxylic acids is 2. The van der Waals surface area contributed by atoms with Gasteiger partial charge in [0.25, 0.3) is 0 Å². The van der Waals surface area contributed by atoms with Crippen LogP contribution in [-0.4, -0.2) is 41.7 Å². The molecule has 0 radical (unpaired) electrons. The third-order valence-electron chi connectivity index (χ3n) is 2.04. The van der Waals surface area contributed by atoms with Crippen LogP contribution < -0.4 is 0 Å². The van der Waals surface area contributed by atoms with E-state index in [9.17, 15) is 9.59 Å². The summed E-state index contributed by atoms with van der Waals surface area (Å²) in [6.45, 7) is 6.78. The van der Waals surface area contributed by atoms with E-state index >= 15 is 0 Å². The number of ether oxygens (including phenoxy) is 2. The van der Waals surface area contributed by atoms with Crippen molar-refractivity contribution in [3.63, 3.8) is 0 Å². The topological polar surface area (TPSA) is 55.8 Å². The van der Waals surface area contributed by atoms with Gasteiger partial charge in [0.15, 0.2) is 0 Å². The van der Waals surface area contributed by atoms with E-state index in [4.69, 9.17) is 16.3 Å². The molecule has 0 saturated carbocycles. The quantitative estimate of drug-likeness (QED) is 0.704. The zero-order valence-electron chi connectivity index (χ0n) is 9.66. The normalized spacial score (nSPS) is 16.6. The highest BCUT2D eigenvalue weighted by Crippen LogP contribution is 2.19. The molecule has 0 aromatic heterocycles. The molecule has 1 fully saturated rings. The van der Waals surface area contributed by atoms with Crippen LogP contribution >= 0.6 is 11.6 Å². The summed E-state index contributed by atoms with van der Waals surface area (Å²) >= 11 is 5.02. The molecule has 0 aliphatic carbocycles. The van der Waals surface area contributed by atoms with Crippen molar-refractivity contribution in [1.82, 2.24) is 4.90 Å². The van der Waals surface area contributed by atoms with Crippen molar-refractivity contribution in [1.29, 1.82) is 0 Å². The van der Waals surface area contributed by atoms with Crippen molar-refractivity contribution in [2.45, 2.75) is 26.4 Å². The van der Waals surface area contributed by atoms with E-state index in [2.05, 4.69) is 4.74 Å². The molecule has 1 amide bonds. The minimum Gasteiger partial charge on any atom is -0.453 e. The van der Waals surface area contributed by atoms with Crippen LogP contribution in [0.2, 0.25) is 0 Å². The average Bonchev–Trinajstić information content (AvgIpc) is 1.96. The monoisotopic (exact) mass is 249 g/mol. The van der Waals surface area contributed by atoms with Gasteiger partial charge in [0, 0.05) is 30.6 Å². The van der Waals surface area contributed by atoms with Crippen molar-refractivity contribution in [3.05, 3.63) is 0 Å². The highest BCUT2D eigenvalue weighted by atomic mass is 35.5. The number of hydrogen-bond acceptors (Lipinski definition) is 4. The molecule has 0 atom stereocenters. The van der Waals surface area contributed by atoms with Gasteiger partial charge in [0.2, 0.25) is 0 Å². The SMILES string of the molecule is CC(C)(C)OC(=O)N1CC(COC(=O)Cl)C1. The Morgan fingerprint density at radius 2 is 1.94 bits per heavy atom. The van der Waals surface area contributed by atoms with E-state index in [1.807, 2.05) is 20.8 Å². The maximum Gasteiger partial charge on any atom is 0.410 e. The lowest BCUT2D eigenvalue weighted by Crippen LogP contribution is -2.53. The summed E-state index contributed by atoms with van der Waals surface area (Å²) in [6, 6.07) is 0. The zero-order valence-corrected chi connectivity index (χ0v) is 10.4. The first-order valence-corrected chi connectivity index (χ1v) is 5.46. The van der Waals surface area contributed by atoms with Crippen LogP contribution in [0.25, 0.3) is 0 Å². The van der Waals surface area contributed by atoms with Crippen LogP contribution in [0, 0.1) is 5.92 Å². The summed E-state index contributed by atoms with van der Waals surface area (Å²) < 4.78 is 9.79. The van der Waals surface area contributed by atoms with Gasteiger partial charge < -0.3 is 14.4 Å². The zero-order chi connectivity index (χ0) is 12.3. The Balaban J connectivity index is 2.20. The number of halogens is 1. The lowest BCUT2D eigenvalue weighted by molar-refractivity contribution is -0.0102. The lowest BCUT2D eigenvalue weighted by Gasteiger charge is -2.39. The van der Waals surface area contributed by atoms with Crippen molar-refractivity contribution in [2.24, 2.45) is 5.92 Å². The number of rotatable bonds is 2. The van der Waals surface area contributed by atoms with Crippen molar-refractivity contribution in [3.8, 4) is 0 Å². The summed E-state index contributed by atoms with van der Waals surface area (Å²) in [4.78, 5) is 23.4. The minimum atomic E-state index is -0.810. The van der Waals surface area contributed by atoms with Crippen molar-refractivity contribution < 1.29 is 19.1 Å². The summed E-state index contributed by atoms with van der Waals surface area (Å²) in [5.41, 5.74) is -1.29. The van der Waals surface area contributed by atoms with Crippen LogP contribution in [0.1, 0.15) is 20.8 Å². The average molecular weight is 250 g/mol. The van der Waals surface area contributed by atoms with E-state index in [1.54, 1.807) is 4.90 Å². The maximum atomic E-state index is 11.5. The molecule has 16 heavy (non-hydrogen) atoms. The first-order valence-electron chi connectivity index (χ1n) is 5.08. The molecule has 6 heteroatoms. The van der Waals surface area contributed by atoms with E-state index in [0.717, 1.165) is 0 Å². The standard InChI is InChI=1S/C10H16ClNO4/c1-10(2,3)16-9(14)12-4-7(5-12)6-15-8(11)13/h7H,4-6H2,1-3H3. The summed E-state index contributed by atoms with van der Waals surface area (Å²) in [5, 5.41) is 0. The van der Waals surface area contributed by atoms with Gasteiger partial charge in [-0.2, -0.15) is 0 Å². The molecule has 0 N–H and O–H groups in total. The first-order chi connectivity index (χ1) is 7.28. The van der Waals surface area contributed by atoms with Gasteiger partial charge in [0.1, 0.15) is 5.60 Å². The Morgan fingerprint density at radius 1 is 1.38 bits per heavy atom. The van der Waals surface area contributed by atoms with E-state index < -0.39 is 11.0 Å². The maximum absolute atomic E-state index is 11.5. The van der Waals surface area contributed by atoms with Crippen molar-refractivity contribution >= 4 is 23.1 Å². The Kier molecular flexibility index (Phi) is 4.02. The van der Waals surface area contributed by atoms with Crippen LogP contribution in [0.15, 0.2) is 0 Å². The third kappa shape index (κ3) is 4.26. The molecule has 1 rings (SSSR count). The lowest BCUT2D eigenvalue weighted by atomic mass is 10.0. The molecule has 5 nitrogen and oxygen atoms in total. The fourth-order valence-corrected chi connectivity index (χ4v) is 1.40. The molecule has 0 spiro atoms.